The van der Waals surface area contributed by atoms with E-state index >= 15 is 0 Å². The Labute approximate surface area is 259 Å². The number of methoxy groups -OCH3 is 2. The summed E-state index contributed by atoms with van der Waals surface area (Å²) in [6.07, 6.45) is 0.324. The van der Waals surface area contributed by atoms with Gasteiger partial charge in [0, 0.05) is 24.2 Å². The zero-order chi connectivity index (χ0) is 31.7. The molecule has 3 rings (SSSR count). The second-order valence-electron chi connectivity index (χ2n) is 10.6. The molecule has 2 amide bonds. The van der Waals surface area contributed by atoms with Gasteiger partial charge in [0.15, 0.2) is 11.5 Å². The number of benzene rings is 3. The fourth-order valence-electron chi connectivity index (χ4n) is 4.47. The van der Waals surface area contributed by atoms with Gasteiger partial charge < -0.3 is 19.7 Å². The molecule has 0 unspecified atom stereocenters. The van der Waals surface area contributed by atoms with E-state index in [1.807, 2.05) is 27.7 Å². The Hall–Kier alpha value is -3.76. The van der Waals surface area contributed by atoms with Crippen molar-refractivity contribution in [2.24, 2.45) is 5.92 Å². The second kappa shape index (κ2) is 15.1. The molecule has 0 fully saturated rings. The molecule has 3 aromatic rings. The summed E-state index contributed by atoms with van der Waals surface area (Å²) < 4.78 is 40.0. The quantitative estimate of drug-likeness (QED) is 0.255. The first kappa shape index (κ1) is 33.7. The third-order valence-electron chi connectivity index (χ3n) is 6.88. The third kappa shape index (κ3) is 8.64. The van der Waals surface area contributed by atoms with E-state index in [1.165, 1.54) is 37.3 Å². The van der Waals surface area contributed by atoms with Crippen molar-refractivity contribution in [3.63, 3.8) is 0 Å². The average molecular weight is 630 g/mol. The van der Waals surface area contributed by atoms with Gasteiger partial charge >= 0.3 is 0 Å². The Balaban J connectivity index is 2.10. The van der Waals surface area contributed by atoms with Crippen LogP contribution in [0.3, 0.4) is 0 Å². The molecule has 0 aliphatic heterocycles. The number of nitrogens with one attached hydrogen (secondary N) is 1. The van der Waals surface area contributed by atoms with Gasteiger partial charge in [0.05, 0.1) is 24.8 Å². The molecule has 0 bridgehead atoms. The van der Waals surface area contributed by atoms with Gasteiger partial charge in [-0.05, 0) is 61.2 Å². The number of rotatable bonds is 14. The summed E-state index contributed by atoms with van der Waals surface area (Å²) in [6.45, 7) is 7.59. The second-order valence-corrected chi connectivity index (χ2v) is 12.9. The molecule has 0 saturated heterocycles. The van der Waals surface area contributed by atoms with E-state index < -0.39 is 28.5 Å². The number of halogens is 1. The van der Waals surface area contributed by atoms with Crippen LogP contribution in [0.1, 0.15) is 38.3 Å². The van der Waals surface area contributed by atoms with E-state index in [9.17, 15) is 18.0 Å². The first-order chi connectivity index (χ1) is 20.4. The lowest BCUT2D eigenvalue weighted by atomic mass is 10.1. The number of anilines is 1. The molecule has 9 nitrogen and oxygen atoms in total. The number of hydrogen-bond acceptors (Lipinski definition) is 6. The Bertz CT molecular complexity index is 1490. The minimum Gasteiger partial charge on any atom is -0.493 e. The Morgan fingerprint density at radius 1 is 0.930 bits per heavy atom. The average Bonchev–Trinajstić information content (AvgIpc) is 2.99. The first-order valence-corrected chi connectivity index (χ1v) is 15.9. The van der Waals surface area contributed by atoms with Gasteiger partial charge in [-0.3, -0.25) is 13.9 Å². The van der Waals surface area contributed by atoms with E-state index in [1.54, 1.807) is 48.5 Å². The molecule has 0 aromatic heterocycles. The molecule has 1 N–H and O–H groups in total. The summed E-state index contributed by atoms with van der Waals surface area (Å²) in [6, 6.07) is 17.2. The number of aryl methyl sites for hydroxylation is 1. The maximum atomic E-state index is 14.2. The SMILES string of the molecule is CC[C@@H](C(=O)NCC(C)C)N(Cc1ccc(Cl)cc1)C(=O)CN(c1ccc(OC)c(OC)c1)S(=O)(=O)c1ccc(C)cc1. The normalized spacial score (nSPS) is 12.0. The molecule has 0 aliphatic carbocycles. The van der Waals surface area contributed by atoms with Crippen LogP contribution in [0, 0.1) is 12.8 Å². The summed E-state index contributed by atoms with van der Waals surface area (Å²) in [5.74, 6) is 0.0585. The molecule has 0 saturated carbocycles. The number of sulfonamides is 1. The fourth-order valence-corrected chi connectivity index (χ4v) is 6.01. The van der Waals surface area contributed by atoms with Crippen molar-refractivity contribution in [3.05, 3.63) is 82.9 Å². The van der Waals surface area contributed by atoms with Crippen molar-refractivity contribution in [2.45, 2.75) is 51.6 Å². The molecule has 11 heteroatoms. The van der Waals surface area contributed by atoms with Crippen LogP contribution in [0.4, 0.5) is 5.69 Å². The Morgan fingerprint density at radius 3 is 2.12 bits per heavy atom. The zero-order valence-electron chi connectivity index (χ0n) is 25.5. The topological polar surface area (TPSA) is 105 Å². The van der Waals surface area contributed by atoms with E-state index in [0.717, 1.165) is 15.4 Å². The van der Waals surface area contributed by atoms with Gasteiger partial charge in [-0.2, -0.15) is 0 Å². The van der Waals surface area contributed by atoms with Crippen LogP contribution in [0.15, 0.2) is 71.6 Å². The molecule has 0 radical (unpaired) electrons. The van der Waals surface area contributed by atoms with Crippen molar-refractivity contribution >= 4 is 39.1 Å². The van der Waals surface area contributed by atoms with Crippen LogP contribution in [0.2, 0.25) is 5.02 Å². The van der Waals surface area contributed by atoms with E-state index in [4.69, 9.17) is 21.1 Å². The molecule has 43 heavy (non-hydrogen) atoms. The summed E-state index contributed by atoms with van der Waals surface area (Å²) in [5, 5.41) is 3.46. The molecule has 232 valence electrons. The van der Waals surface area contributed by atoms with Crippen molar-refractivity contribution in [2.75, 3.05) is 31.6 Å². The lowest BCUT2D eigenvalue weighted by Crippen LogP contribution is -2.52. The molecule has 0 aliphatic rings. The predicted molar refractivity (Wildman–Crippen MR) is 169 cm³/mol. The fraction of sp³-hybridized carbons (Fsp3) is 0.375. The summed E-state index contributed by atoms with van der Waals surface area (Å²) in [7, 11) is -1.30. The number of carbonyl (C=O) groups is 2. The monoisotopic (exact) mass is 629 g/mol. The summed E-state index contributed by atoms with van der Waals surface area (Å²) in [4.78, 5) is 29.0. The van der Waals surface area contributed by atoms with Gasteiger partial charge in [-0.1, -0.05) is 62.2 Å². The molecule has 1 atom stereocenters. The number of ether oxygens (including phenoxy) is 2. The van der Waals surface area contributed by atoms with Gasteiger partial charge in [0.1, 0.15) is 12.6 Å². The van der Waals surface area contributed by atoms with Crippen LogP contribution >= 0.6 is 11.6 Å². The summed E-state index contributed by atoms with van der Waals surface area (Å²) >= 11 is 6.09. The van der Waals surface area contributed by atoms with Crippen LogP contribution in [-0.2, 0) is 26.2 Å². The van der Waals surface area contributed by atoms with Crippen molar-refractivity contribution in [1.82, 2.24) is 10.2 Å². The van der Waals surface area contributed by atoms with Crippen molar-refractivity contribution < 1.29 is 27.5 Å². The van der Waals surface area contributed by atoms with Crippen LogP contribution in [-0.4, -0.2) is 58.5 Å². The van der Waals surface area contributed by atoms with E-state index in [2.05, 4.69) is 5.32 Å². The highest BCUT2D eigenvalue weighted by Crippen LogP contribution is 2.34. The minimum absolute atomic E-state index is 0.0201. The standard InChI is InChI=1S/C32H40ClN3O6S/c1-7-28(32(38)34-19-22(2)3)35(20-24-10-12-25(33)13-11-24)31(37)21-36(26-14-17-29(41-5)30(18-26)42-6)43(39,40)27-15-8-23(4)9-16-27/h8-18,22,28H,7,19-21H2,1-6H3,(H,34,38)/t28-/m0/s1. The number of carbonyl (C=O) groups excluding carboxylic acids is 2. The highest BCUT2D eigenvalue weighted by Gasteiger charge is 2.34. The van der Waals surface area contributed by atoms with Crippen LogP contribution in [0.5, 0.6) is 11.5 Å². The molecule has 0 spiro atoms. The van der Waals surface area contributed by atoms with Gasteiger partial charge in [0.2, 0.25) is 11.8 Å². The van der Waals surface area contributed by atoms with Gasteiger partial charge in [-0.15, -0.1) is 0 Å². The maximum absolute atomic E-state index is 14.2. The number of nitrogens with zero attached hydrogens (tertiary/aromatic N) is 2. The number of hydrogen-bond donors (Lipinski definition) is 1. The predicted octanol–water partition coefficient (Wildman–Crippen LogP) is 5.44. The van der Waals surface area contributed by atoms with Gasteiger partial charge in [-0.25, -0.2) is 8.42 Å². The van der Waals surface area contributed by atoms with Crippen molar-refractivity contribution in [1.29, 1.82) is 0 Å². The zero-order valence-corrected chi connectivity index (χ0v) is 27.0. The molecular weight excluding hydrogens is 590 g/mol. The van der Waals surface area contributed by atoms with Gasteiger partial charge in [0.25, 0.3) is 10.0 Å². The lowest BCUT2D eigenvalue weighted by molar-refractivity contribution is -0.140. The third-order valence-corrected chi connectivity index (χ3v) is 8.92. The van der Waals surface area contributed by atoms with Crippen LogP contribution in [0.25, 0.3) is 0 Å². The Morgan fingerprint density at radius 2 is 1.56 bits per heavy atom. The van der Waals surface area contributed by atoms with E-state index in [-0.39, 0.29) is 29.0 Å². The van der Waals surface area contributed by atoms with E-state index in [0.29, 0.717) is 29.5 Å². The minimum atomic E-state index is -4.23. The lowest BCUT2D eigenvalue weighted by Gasteiger charge is -2.33. The molecule has 0 heterocycles. The Kier molecular flexibility index (Phi) is 11.9. The largest absolute Gasteiger partial charge is 0.493 e. The highest BCUT2D eigenvalue weighted by molar-refractivity contribution is 7.92. The summed E-state index contributed by atoms with van der Waals surface area (Å²) in [5.41, 5.74) is 1.84. The van der Waals surface area contributed by atoms with Crippen LogP contribution < -0.4 is 19.1 Å². The molecular formula is C32H40ClN3O6S. The highest BCUT2D eigenvalue weighted by atomic mass is 35.5. The maximum Gasteiger partial charge on any atom is 0.264 e. The first-order valence-electron chi connectivity index (χ1n) is 14.0. The smallest absolute Gasteiger partial charge is 0.264 e. The number of amides is 2. The van der Waals surface area contributed by atoms with Crippen molar-refractivity contribution in [3.8, 4) is 11.5 Å². The molecule has 3 aromatic carbocycles.